The second-order valence-electron chi connectivity index (χ2n) is 6.30. The maximum absolute atomic E-state index is 11.7. The predicted octanol–water partition coefficient (Wildman–Crippen LogP) is 4.11. The van der Waals surface area contributed by atoms with Gasteiger partial charge in [-0.3, -0.25) is 4.90 Å². The van der Waals surface area contributed by atoms with Gasteiger partial charge in [0.25, 0.3) is 0 Å². The average Bonchev–Trinajstić information content (AvgIpc) is 3.22. The second-order valence-corrected chi connectivity index (χ2v) is 6.30. The van der Waals surface area contributed by atoms with Crippen LogP contribution in [0.2, 0.25) is 0 Å². The number of hydrogen-bond acceptors (Lipinski definition) is 5. The molecule has 134 valence electrons. The molecule has 5 heteroatoms. The molecule has 1 fully saturated rings. The second kappa shape index (κ2) is 7.74. The number of carbonyl (C=O) groups excluding carboxylic acids is 1. The van der Waals surface area contributed by atoms with Gasteiger partial charge in [-0.1, -0.05) is 12.1 Å². The van der Waals surface area contributed by atoms with Gasteiger partial charge in [0.1, 0.15) is 22.8 Å². The number of benzene rings is 1. The van der Waals surface area contributed by atoms with Gasteiger partial charge in [0.05, 0.1) is 20.3 Å². The van der Waals surface area contributed by atoms with E-state index in [9.17, 15) is 4.79 Å². The van der Waals surface area contributed by atoms with Crippen LogP contribution in [0.15, 0.2) is 34.7 Å². The summed E-state index contributed by atoms with van der Waals surface area (Å²) >= 11 is 0. The molecule has 2 heterocycles. The molecule has 0 radical (unpaired) electrons. The lowest BCUT2D eigenvalue weighted by Gasteiger charge is -2.24. The van der Waals surface area contributed by atoms with Gasteiger partial charge in [-0.05, 0) is 57.0 Å². The lowest BCUT2D eigenvalue weighted by Crippen LogP contribution is -2.22. The van der Waals surface area contributed by atoms with E-state index in [1.807, 2.05) is 19.1 Å². The standard InChI is InChI=1S/C20H25NO4/c1-4-24-16-9-7-15(8-10-16)19-6-5-11-21(19)13-17-12-18(14(2)25-17)20(22)23-3/h7-10,12,19H,4-6,11,13H2,1-3H3. The van der Waals surface area contributed by atoms with Gasteiger partial charge in [0, 0.05) is 6.04 Å². The van der Waals surface area contributed by atoms with Crippen LogP contribution in [-0.4, -0.2) is 31.1 Å². The number of aryl methyl sites for hydroxylation is 1. The summed E-state index contributed by atoms with van der Waals surface area (Å²) in [5.41, 5.74) is 1.80. The molecule has 1 aromatic heterocycles. The van der Waals surface area contributed by atoms with E-state index in [0.717, 1.165) is 30.9 Å². The normalized spacial score (nSPS) is 17.6. The molecule has 1 atom stereocenters. The van der Waals surface area contributed by atoms with Crippen LogP contribution in [0.4, 0.5) is 0 Å². The van der Waals surface area contributed by atoms with Crippen molar-refractivity contribution in [1.29, 1.82) is 0 Å². The van der Waals surface area contributed by atoms with E-state index in [1.54, 1.807) is 13.0 Å². The van der Waals surface area contributed by atoms with Gasteiger partial charge in [-0.2, -0.15) is 0 Å². The van der Waals surface area contributed by atoms with Crippen molar-refractivity contribution in [2.45, 2.75) is 39.3 Å². The topological polar surface area (TPSA) is 51.9 Å². The highest BCUT2D eigenvalue weighted by molar-refractivity contribution is 5.90. The van der Waals surface area contributed by atoms with E-state index in [1.165, 1.54) is 12.7 Å². The first-order valence-electron chi connectivity index (χ1n) is 8.76. The Bertz CT molecular complexity index is 720. The minimum Gasteiger partial charge on any atom is -0.494 e. The van der Waals surface area contributed by atoms with Crippen molar-refractivity contribution in [2.75, 3.05) is 20.3 Å². The molecule has 1 aliphatic heterocycles. The first-order chi connectivity index (χ1) is 12.1. The molecule has 1 unspecified atom stereocenters. The van der Waals surface area contributed by atoms with Crippen LogP contribution in [0, 0.1) is 6.92 Å². The minimum atomic E-state index is -0.350. The Morgan fingerprint density at radius 3 is 2.76 bits per heavy atom. The molecule has 1 aliphatic rings. The van der Waals surface area contributed by atoms with Crippen molar-refractivity contribution < 1.29 is 18.7 Å². The fraction of sp³-hybridized carbons (Fsp3) is 0.450. The van der Waals surface area contributed by atoms with E-state index < -0.39 is 0 Å². The molecule has 5 nitrogen and oxygen atoms in total. The van der Waals surface area contributed by atoms with Crippen molar-refractivity contribution in [1.82, 2.24) is 4.90 Å². The Balaban J connectivity index is 1.72. The van der Waals surface area contributed by atoms with E-state index in [2.05, 4.69) is 17.0 Å². The number of carbonyl (C=O) groups is 1. The maximum atomic E-state index is 11.7. The smallest absolute Gasteiger partial charge is 0.341 e. The van der Waals surface area contributed by atoms with Gasteiger partial charge in [-0.15, -0.1) is 0 Å². The van der Waals surface area contributed by atoms with Crippen molar-refractivity contribution >= 4 is 5.97 Å². The zero-order valence-corrected chi connectivity index (χ0v) is 15.1. The Kier molecular flexibility index (Phi) is 5.43. The highest BCUT2D eigenvalue weighted by Gasteiger charge is 2.27. The molecule has 2 aromatic rings. The quantitative estimate of drug-likeness (QED) is 0.739. The SMILES string of the molecule is CCOc1ccc(C2CCCN2Cc2cc(C(=O)OC)c(C)o2)cc1. The molecule has 3 rings (SSSR count). The first kappa shape index (κ1) is 17.5. The van der Waals surface area contributed by atoms with Gasteiger partial charge >= 0.3 is 5.97 Å². The summed E-state index contributed by atoms with van der Waals surface area (Å²) in [7, 11) is 1.39. The summed E-state index contributed by atoms with van der Waals surface area (Å²) in [5.74, 6) is 1.96. The number of furan rings is 1. The van der Waals surface area contributed by atoms with Crippen LogP contribution >= 0.6 is 0 Å². The molecule has 0 amide bonds. The molecule has 0 aliphatic carbocycles. The van der Waals surface area contributed by atoms with E-state index in [-0.39, 0.29) is 5.97 Å². The summed E-state index contributed by atoms with van der Waals surface area (Å²) in [6, 6.07) is 10.5. The average molecular weight is 343 g/mol. The summed E-state index contributed by atoms with van der Waals surface area (Å²) in [6.07, 6.45) is 2.28. The Hall–Kier alpha value is -2.27. The summed E-state index contributed by atoms with van der Waals surface area (Å²) < 4.78 is 16.1. The maximum Gasteiger partial charge on any atom is 0.341 e. The number of ether oxygens (including phenoxy) is 2. The zero-order chi connectivity index (χ0) is 17.8. The summed E-state index contributed by atoms with van der Waals surface area (Å²) in [6.45, 7) is 6.17. The third-order valence-corrected chi connectivity index (χ3v) is 4.67. The molecule has 0 spiro atoms. The van der Waals surface area contributed by atoms with Crippen LogP contribution in [0.3, 0.4) is 0 Å². The number of esters is 1. The Morgan fingerprint density at radius 1 is 1.32 bits per heavy atom. The molecule has 25 heavy (non-hydrogen) atoms. The van der Waals surface area contributed by atoms with Crippen molar-refractivity contribution in [3.63, 3.8) is 0 Å². The van der Waals surface area contributed by atoms with Crippen LogP contribution in [-0.2, 0) is 11.3 Å². The van der Waals surface area contributed by atoms with Crippen molar-refractivity contribution in [3.05, 3.63) is 53.0 Å². The molecule has 0 N–H and O–H groups in total. The van der Waals surface area contributed by atoms with Crippen LogP contribution in [0.25, 0.3) is 0 Å². The number of nitrogens with zero attached hydrogens (tertiary/aromatic N) is 1. The third-order valence-electron chi connectivity index (χ3n) is 4.67. The molecular formula is C20H25NO4. The zero-order valence-electron chi connectivity index (χ0n) is 15.1. The Morgan fingerprint density at radius 2 is 2.08 bits per heavy atom. The predicted molar refractivity (Wildman–Crippen MR) is 94.8 cm³/mol. The lowest BCUT2D eigenvalue weighted by molar-refractivity contribution is 0.0599. The molecule has 0 bridgehead atoms. The molecular weight excluding hydrogens is 318 g/mol. The van der Waals surface area contributed by atoms with Crippen molar-refractivity contribution in [2.24, 2.45) is 0 Å². The Labute approximate surface area is 148 Å². The number of rotatable bonds is 6. The largest absolute Gasteiger partial charge is 0.494 e. The highest BCUT2D eigenvalue weighted by atomic mass is 16.5. The first-order valence-corrected chi connectivity index (χ1v) is 8.76. The van der Waals surface area contributed by atoms with E-state index in [0.29, 0.717) is 30.5 Å². The summed E-state index contributed by atoms with van der Waals surface area (Å²) in [4.78, 5) is 14.1. The molecule has 0 saturated carbocycles. The summed E-state index contributed by atoms with van der Waals surface area (Å²) in [5, 5.41) is 0. The molecule has 1 saturated heterocycles. The van der Waals surface area contributed by atoms with Gasteiger partial charge in [-0.25, -0.2) is 4.79 Å². The lowest BCUT2D eigenvalue weighted by atomic mass is 10.0. The third kappa shape index (κ3) is 3.87. The highest BCUT2D eigenvalue weighted by Crippen LogP contribution is 2.34. The van der Waals surface area contributed by atoms with E-state index >= 15 is 0 Å². The van der Waals surface area contributed by atoms with Gasteiger partial charge in [0.2, 0.25) is 0 Å². The van der Waals surface area contributed by atoms with Crippen molar-refractivity contribution in [3.8, 4) is 5.75 Å². The minimum absolute atomic E-state index is 0.350. The monoisotopic (exact) mass is 343 g/mol. The van der Waals surface area contributed by atoms with Gasteiger partial charge < -0.3 is 13.9 Å². The van der Waals surface area contributed by atoms with E-state index in [4.69, 9.17) is 13.9 Å². The van der Waals surface area contributed by atoms with Crippen LogP contribution < -0.4 is 4.74 Å². The number of methoxy groups -OCH3 is 1. The molecule has 1 aromatic carbocycles. The van der Waals surface area contributed by atoms with Crippen LogP contribution in [0.1, 0.15) is 53.2 Å². The number of likely N-dealkylation sites (tertiary alicyclic amines) is 1. The van der Waals surface area contributed by atoms with Crippen LogP contribution in [0.5, 0.6) is 5.75 Å². The fourth-order valence-electron chi connectivity index (χ4n) is 3.48. The van der Waals surface area contributed by atoms with Gasteiger partial charge in [0.15, 0.2) is 0 Å². The fourth-order valence-corrected chi connectivity index (χ4v) is 3.48. The number of hydrogen-bond donors (Lipinski definition) is 0.